The number of rotatable bonds is 4. The van der Waals surface area contributed by atoms with Crippen molar-refractivity contribution < 1.29 is 0 Å². The van der Waals surface area contributed by atoms with Gasteiger partial charge >= 0.3 is 0 Å². The topological polar surface area (TPSA) is 24.9 Å². The summed E-state index contributed by atoms with van der Waals surface area (Å²) in [5.41, 5.74) is 5.71. The SMILES string of the molecule is c1cncc(CCNc2cccc3c2CCCC3)c1. The summed E-state index contributed by atoms with van der Waals surface area (Å²) in [6.07, 6.45) is 9.93. The Bertz CT molecular complexity index is 534. The lowest BCUT2D eigenvalue weighted by molar-refractivity contribution is 0.686. The van der Waals surface area contributed by atoms with Crippen molar-refractivity contribution in [3.8, 4) is 0 Å². The van der Waals surface area contributed by atoms with Gasteiger partial charge in [0.15, 0.2) is 0 Å². The van der Waals surface area contributed by atoms with Crippen LogP contribution >= 0.6 is 0 Å². The van der Waals surface area contributed by atoms with Gasteiger partial charge in [-0.1, -0.05) is 18.2 Å². The first kappa shape index (κ1) is 12.2. The molecule has 1 heterocycles. The summed E-state index contributed by atoms with van der Waals surface area (Å²) in [4.78, 5) is 4.15. The lowest BCUT2D eigenvalue weighted by Crippen LogP contribution is -2.10. The first-order valence-corrected chi connectivity index (χ1v) is 7.17. The predicted octanol–water partition coefficient (Wildman–Crippen LogP) is 3.62. The van der Waals surface area contributed by atoms with Crippen LogP contribution in [0.4, 0.5) is 5.69 Å². The number of aryl methyl sites for hydroxylation is 1. The van der Waals surface area contributed by atoms with Gasteiger partial charge in [-0.15, -0.1) is 0 Å². The van der Waals surface area contributed by atoms with Crippen molar-refractivity contribution in [3.05, 3.63) is 59.4 Å². The van der Waals surface area contributed by atoms with Gasteiger partial charge in [0.1, 0.15) is 0 Å². The van der Waals surface area contributed by atoms with Crippen molar-refractivity contribution in [1.29, 1.82) is 0 Å². The maximum Gasteiger partial charge on any atom is 0.0375 e. The lowest BCUT2D eigenvalue weighted by Gasteiger charge is -2.20. The Morgan fingerprint density at radius 2 is 2.00 bits per heavy atom. The van der Waals surface area contributed by atoms with E-state index in [4.69, 9.17) is 0 Å². The summed E-state index contributed by atoms with van der Waals surface area (Å²) in [7, 11) is 0. The molecular weight excluding hydrogens is 232 g/mol. The normalized spacial score (nSPS) is 13.9. The molecule has 0 spiro atoms. The smallest absolute Gasteiger partial charge is 0.0375 e. The van der Waals surface area contributed by atoms with Crippen LogP contribution in [0.3, 0.4) is 0 Å². The fourth-order valence-corrected chi connectivity index (χ4v) is 2.83. The van der Waals surface area contributed by atoms with E-state index >= 15 is 0 Å². The number of pyridine rings is 1. The van der Waals surface area contributed by atoms with E-state index in [1.54, 1.807) is 5.56 Å². The van der Waals surface area contributed by atoms with E-state index in [1.165, 1.54) is 42.5 Å². The molecule has 2 nitrogen and oxygen atoms in total. The van der Waals surface area contributed by atoms with E-state index in [2.05, 4.69) is 34.6 Å². The third kappa shape index (κ3) is 2.95. The zero-order valence-electron chi connectivity index (χ0n) is 11.2. The van der Waals surface area contributed by atoms with E-state index in [0.29, 0.717) is 0 Å². The summed E-state index contributed by atoms with van der Waals surface area (Å²) < 4.78 is 0. The fourth-order valence-electron chi connectivity index (χ4n) is 2.83. The zero-order valence-corrected chi connectivity index (χ0v) is 11.2. The molecule has 1 N–H and O–H groups in total. The molecule has 1 aromatic heterocycles. The van der Waals surface area contributed by atoms with Crippen LogP contribution in [0.25, 0.3) is 0 Å². The number of nitrogens with zero attached hydrogens (tertiary/aromatic N) is 1. The third-order valence-corrected chi connectivity index (χ3v) is 3.85. The number of aromatic nitrogens is 1. The van der Waals surface area contributed by atoms with E-state index in [1.807, 2.05) is 18.5 Å². The molecule has 0 fully saturated rings. The van der Waals surface area contributed by atoms with Crippen molar-refractivity contribution in [1.82, 2.24) is 4.98 Å². The number of nitrogens with one attached hydrogen (secondary N) is 1. The molecule has 0 amide bonds. The molecule has 0 saturated heterocycles. The Kier molecular flexibility index (Phi) is 3.78. The minimum Gasteiger partial charge on any atom is -0.384 e. The molecule has 0 unspecified atom stereocenters. The highest BCUT2D eigenvalue weighted by Crippen LogP contribution is 2.27. The first-order valence-electron chi connectivity index (χ1n) is 7.17. The Morgan fingerprint density at radius 3 is 2.89 bits per heavy atom. The molecule has 2 aromatic rings. The number of hydrogen-bond donors (Lipinski definition) is 1. The minimum absolute atomic E-state index is 0.974. The number of hydrogen-bond acceptors (Lipinski definition) is 2. The summed E-state index contributed by atoms with van der Waals surface area (Å²) in [5.74, 6) is 0. The highest BCUT2D eigenvalue weighted by Gasteiger charge is 2.12. The second-order valence-electron chi connectivity index (χ2n) is 5.19. The minimum atomic E-state index is 0.974. The second kappa shape index (κ2) is 5.87. The zero-order chi connectivity index (χ0) is 12.9. The predicted molar refractivity (Wildman–Crippen MR) is 79.5 cm³/mol. The molecule has 0 aliphatic heterocycles. The average molecular weight is 252 g/mol. The molecule has 3 rings (SSSR count). The molecule has 98 valence electrons. The lowest BCUT2D eigenvalue weighted by atomic mass is 9.90. The largest absolute Gasteiger partial charge is 0.384 e. The van der Waals surface area contributed by atoms with Gasteiger partial charge in [0.25, 0.3) is 0 Å². The van der Waals surface area contributed by atoms with Crippen LogP contribution in [0.5, 0.6) is 0 Å². The van der Waals surface area contributed by atoms with E-state index in [9.17, 15) is 0 Å². The first-order chi connectivity index (χ1) is 9.43. The van der Waals surface area contributed by atoms with Crippen molar-refractivity contribution in [3.63, 3.8) is 0 Å². The van der Waals surface area contributed by atoms with Gasteiger partial charge in [-0.3, -0.25) is 4.98 Å². The standard InChI is InChI=1S/C17H20N2/c1-2-8-16-15(6-1)7-3-9-17(16)19-12-10-14-5-4-11-18-13-14/h3-5,7,9,11,13,19H,1-2,6,8,10,12H2. The Hall–Kier alpha value is -1.83. The molecule has 19 heavy (non-hydrogen) atoms. The summed E-state index contributed by atoms with van der Waals surface area (Å²) in [6, 6.07) is 10.8. The van der Waals surface area contributed by atoms with Gasteiger partial charge in [-0.25, -0.2) is 0 Å². The van der Waals surface area contributed by atoms with Crippen molar-refractivity contribution in [2.24, 2.45) is 0 Å². The average Bonchev–Trinajstić information content (AvgIpc) is 2.49. The number of anilines is 1. The molecule has 0 atom stereocenters. The Balaban J connectivity index is 1.64. The summed E-state index contributed by atoms with van der Waals surface area (Å²) in [5, 5.41) is 3.59. The molecule has 1 aromatic carbocycles. The molecule has 0 saturated carbocycles. The number of fused-ring (bicyclic) bond motifs is 1. The fraction of sp³-hybridized carbons (Fsp3) is 0.353. The van der Waals surface area contributed by atoms with Crippen LogP contribution in [-0.4, -0.2) is 11.5 Å². The Labute approximate surface area is 114 Å². The van der Waals surface area contributed by atoms with Crippen molar-refractivity contribution in [2.45, 2.75) is 32.1 Å². The maximum atomic E-state index is 4.15. The van der Waals surface area contributed by atoms with Gasteiger partial charge in [0, 0.05) is 24.6 Å². The van der Waals surface area contributed by atoms with Crippen LogP contribution < -0.4 is 5.32 Å². The molecule has 1 aliphatic carbocycles. The van der Waals surface area contributed by atoms with Crippen molar-refractivity contribution >= 4 is 5.69 Å². The quantitative estimate of drug-likeness (QED) is 0.899. The monoisotopic (exact) mass is 252 g/mol. The van der Waals surface area contributed by atoms with Crippen LogP contribution in [0.1, 0.15) is 29.5 Å². The van der Waals surface area contributed by atoms with Crippen LogP contribution in [-0.2, 0) is 19.3 Å². The van der Waals surface area contributed by atoms with E-state index < -0.39 is 0 Å². The molecule has 2 heteroatoms. The highest BCUT2D eigenvalue weighted by molar-refractivity contribution is 5.55. The second-order valence-corrected chi connectivity index (χ2v) is 5.19. The highest BCUT2D eigenvalue weighted by atomic mass is 14.9. The number of benzene rings is 1. The summed E-state index contributed by atoms with van der Waals surface area (Å²) >= 11 is 0. The molecule has 0 bridgehead atoms. The van der Waals surface area contributed by atoms with Crippen molar-refractivity contribution in [2.75, 3.05) is 11.9 Å². The van der Waals surface area contributed by atoms with Gasteiger partial charge in [-0.2, -0.15) is 0 Å². The van der Waals surface area contributed by atoms with Crippen LogP contribution in [0, 0.1) is 0 Å². The molecular formula is C17H20N2. The Morgan fingerprint density at radius 1 is 1.05 bits per heavy atom. The van der Waals surface area contributed by atoms with E-state index in [0.717, 1.165) is 13.0 Å². The van der Waals surface area contributed by atoms with Crippen LogP contribution in [0.15, 0.2) is 42.7 Å². The summed E-state index contributed by atoms with van der Waals surface area (Å²) in [6.45, 7) is 0.974. The maximum absolute atomic E-state index is 4.15. The van der Waals surface area contributed by atoms with Gasteiger partial charge in [0.2, 0.25) is 0 Å². The molecule has 0 radical (unpaired) electrons. The van der Waals surface area contributed by atoms with Gasteiger partial charge in [-0.05, 0) is 60.9 Å². The molecule has 1 aliphatic rings. The van der Waals surface area contributed by atoms with Gasteiger partial charge in [0.05, 0.1) is 0 Å². The van der Waals surface area contributed by atoms with Crippen LogP contribution in [0.2, 0.25) is 0 Å². The van der Waals surface area contributed by atoms with Gasteiger partial charge < -0.3 is 5.32 Å². The third-order valence-electron chi connectivity index (χ3n) is 3.85. The van der Waals surface area contributed by atoms with E-state index in [-0.39, 0.29) is 0 Å².